The third kappa shape index (κ3) is 2.80. The Morgan fingerprint density at radius 1 is 1.21 bits per heavy atom. The van der Waals surface area contributed by atoms with Crippen molar-refractivity contribution in [3.8, 4) is 0 Å². The third-order valence-corrected chi connectivity index (χ3v) is 1.65. The zero-order valence-corrected chi connectivity index (χ0v) is 7.34. The zero-order valence-electron chi connectivity index (χ0n) is 7.34. The number of hydrogen-bond acceptors (Lipinski definition) is 1. The van der Waals surface area contributed by atoms with Gasteiger partial charge in [-0.25, -0.2) is 0 Å². The molecule has 0 amide bonds. The van der Waals surface area contributed by atoms with E-state index in [2.05, 4.69) is 6.58 Å². The van der Waals surface area contributed by atoms with E-state index in [9.17, 15) is 13.2 Å². The Labute approximate surface area is 79.8 Å². The molecule has 0 aromatic heterocycles. The fourth-order valence-corrected chi connectivity index (χ4v) is 0.945. The molecule has 1 aromatic rings. The molecule has 0 fully saturated rings. The van der Waals surface area contributed by atoms with Crippen LogP contribution in [0.2, 0.25) is 0 Å². The molecule has 1 nitrogen and oxygen atoms in total. The van der Waals surface area contributed by atoms with Crippen molar-refractivity contribution >= 4 is 0 Å². The minimum atomic E-state index is -4.28. The first-order chi connectivity index (χ1) is 6.54. The van der Waals surface area contributed by atoms with E-state index < -0.39 is 11.7 Å². The van der Waals surface area contributed by atoms with Crippen LogP contribution in [0.4, 0.5) is 13.2 Å². The van der Waals surface area contributed by atoms with E-state index in [1.807, 2.05) is 0 Å². The molecule has 4 heteroatoms. The van der Waals surface area contributed by atoms with Gasteiger partial charge in [-0.3, -0.25) is 0 Å². The third-order valence-electron chi connectivity index (χ3n) is 1.65. The molecule has 0 atom stereocenters. The van der Waals surface area contributed by atoms with Crippen molar-refractivity contribution < 1.29 is 17.9 Å². The van der Waals surface area contributed by atoms with Gasteiger partial charge in [0.25, 0.3) is 0 Å². The Morgan fingerprint density at radius 2 is 1.79 bits per heavy atom. The topological polar surface area (TPSA) is 9.23 Å². The van der Waals surface area contributed by atoms with Crippen molar-refractivity contribution in [2.24, 2.45) is 0 Å². The molecule has 0 unspecified atom stereocenters. The van der Waals surface area contributed by atoms with Crippen LogP contribution in [0.1, 0.15) is 11.1 Å². The quantitative estimate of drug-likeness (QED) is 0.683. The van der Waals surface area contributed by atoms with Gasteiger partial charge >= 0.3 is 6.18 Å². The Hall–Kier alpha value is -1.45. The SMILES string of the molecule is C=COCc1ccc(C(F)(F)F)cc1. The van der Waals surface area contributed by atoms with Crippen LogP contribution in [0, 0.1) is 0 Å². The summed E-state index contributed by atoms with van der Waals surface area (Å²) < 4.78 is 41.2. The Balaban J connectivity index is 2.73. The first-order valence-corrected chi connectivity index (χ1v) is 3.92. The summed E-state index contributed by atoms with van der Waals surface area (Å²) in [5.74, 6) is 0. The van der Waals surface area contributed by atoms with Crippen LogP contribution in [0.25, 0.3) is 0 Å². The highest BCUT2D eigenvalue weighted by molar-refractivity contribution is 5.24. The maximum atomic E-state index is 12.1. The molecule has 0 bridgehead atoms. The van der Waals surface area contributed by atoms with Gasteiger partial charge in [0.15, 0.2) is 0 Å². The normalized spacial score (nSPS) is 11.1. The number of hydrogen-bond donors (Lipinski definition) is 0. The lowest BCUT2D eigenvalue weighted by atomic mass is 10.1. The van der Waals surface area contributed by atoms with Crippen LogP contribution < -0.4 is 0 Å². The molecular formula is C10H9F3O. The number of benzene rings is 1. The molecule has 76 valence electrons. The van der Waals surface area contributed by atoms with E-state index in [1.165, 1.54) is 18.4 Å². The van der Waals surface area contributed by atoms with Crippen molar-refractivity contribution in [1.29, 1.82) is 0 Å². The lowest BCUT2D eigenvalue weighted by molar-refractivity contribution is -0.137. The van der Waals surface area contributed by atoms with Gasteiger partial charge in [-0.15, -0.1) is 0 Å². The van der Waals surface area contributed by atoms with Gasteiger partial charge in [0.2, 0.25) is 0 Å². The van der Waals surface area contributed by atoms with Crippen LogP contribution in [-0.2, 0) is 17.5 Å². The van der Waals surface area contributed by atoms with E-state index in [0.717, 1.165) is 12.1 Å². The summed E-state index contributed by atoms with van der Waals surface area (Å²) in [5.41, 5.74) is 0.0257. The molecule has 0 saturated heterocycles. The highest BCUT2D eigenvalue weighted by Gasteiger charge is 2.29. The summed E-state index contributed by atoms with van der Waals surface area (Å²) in [6.45, 7) is 3.57. The first-order valence-electron chi connectivity index (χ1n) is 3.92. The van der Waals surface area contributed by atoms with Crippen molar-refractivity contribution in [2.45, 2.75) is 12.8 Å². The van der Waals surface area contributed by atoms with Gasteiger partial charge in [0.05, 0.1) is 11.8 Å². The molecule has 1 aromatic carbocycles. The second kappa shape index (κ2) is 4.17. The lowest BCUT2D eigenvalue weighted by Gasteiger charge is -2.07. The van der Waals surface area contributed by atoms with E-state index >= 15 is 0 Å². The molecule has 0 aliphatic heterocycles. The van der Waals surface area contributed by atoms with Gasteiger partial charge in [0.1, 0.15) is 6.61 Å². The minimum Gasteiger partial charge on any atom is -0.497 e. The first kappa shape index (κ1) is 10.6. The van der Waals surface area contributed by atoms with Gasteiger partial charge in [-0.05, 0) is 17.7 Å². The smallest absolute Gasteiger partial charge is 0.416 e. The van der Waals surface area contributed by atoms with Crippen molar-refractivity contribution in [1.82, 2.24) is 0 Å². The highest BCUT2D eigenvalue weighted by Crippen LogP contribution is 2.29. The highest BCUT2D eigenvalue weighted by atomic mass is 19.4. The molecule has 1 rings (SSSR count). The fourth-order valence-electron chi connectivity index (χ4n) is 0.945. The Morgan fingerprint density at radius 3 is 2.21 bits per heavy atom. The summed E-state index contributed by atoms with van der Waals surface area (Å²) in [6, 6.07) is 4.82. The molecule has 14 heavy (non-hydrogen) atoms. The maximum absolute atomic E-state index is 12.1. The van der Waals surface area contributed by atoms with E-state index in [4.69, 9.17) is 4.74 Å². The summed E-state index contributed by atoms with van der Waals surface area (Å²) in [6.07, 6.45) is -3.03. The van der Waals surface area contributed by atoms with Crippen LogP contribution in [0.5, 0.6) is 0 Å². The van der Waals surface area contributed by atoms with Crippen LogP contribution in [0.15, 0.2) is 37.1 Å². The summed E-state index contributed by atoms with van der Waals surface area (Å²) >= 11 is 0. The maximum Gasteiger partial charge on any atom is 0.416 e. The van der Waals surface area contributed by atoms with Crippen molar-refractivity contribution in [3.05, 3.63) is 48.2 Å². The van der Waals surface area contributed by atoms with Crippen LogP contribution in [-0.4, -0.2) is 0 Å². The summed E-state index contributed by atoms with van der Waals surface area (Å²) in [7, 11) is 0. The van der Waals surface area contributed by atoms with Gasteiger partial charge in [0, 0.05) is 0 Å². The van der Waals surface area contributed by atoms with Crippen LogP contribution >= 0.6 is 0 Å². The predicted octanol–water partition coefficient (Wildman–Crippen LogP) is 3.37. The predicted molar refractivity (Wildman–Crippen MR) is 46.4 cm³/mol. The molecule has 0 saturated carbocycles. The lowest BCUT2D eigenvalue weighted by Crippen LogP contribution is -2.04. The molecule has 0 N–H and O–H groups in total. The van der Waals surface area contributed by atoms with Gasteiger partial charge < -0.3 is 4.74 Å². The molecular weight excluding hydrogens is 193 g/mol. The summed E-state index contributed by atoms with van der Waals surface area (Å²) in [4.78, 5) is 0. The van der Waals surface area contributed by atoms with Crippen molar-refractivity contribution in [2.75, 3.05) is 0 Å². The molecule has 0 radical (unpaired) electrons. The Bertz CT molecular complexity index is 300. The van der Waals surface area contributed by atoms with E-state index in [0.29, 0.717) is 5.56 Å². The molecule has 0 heterocycles. The van der Waals surface area contributed by atoms with Gasteiger partial charge in [-0.2, -0.15) is 13.2 Å². The zero-order chi connectivity index (χ0) is 10.6. The average Bonchev–Trinajstić information content (AvgIpc) is 2.14. The van der Waals surface area contributed by atoms with E-state index in [-0.39, 0.29) is 6.61 Å². The fraction of sp³-hybridized carbons (Fsp3) is 0.200. The van der Waals surface area contributed by atoms with Crippen LogP contribution in [0.3, 0.4) is 0 Å². The Kier molecular flexibility index (Phi) is 3.17. The molecule has 0 spiro atoms. The largest absolute Gasteiger partial charge is 0.497 e. The monoisotopic (exact) mass is 202 g/mol. The number of alkyl halides is 3. The summed E-state index contributed by atoms with van der Waals surface area (Å²) in [5, 5.41) is 0. The van der Waals surface area contributed by atoms with E-state index in [1.54, 1.807) is 0 Å². The number of ether oxygens (including phenoxy) is 1. The minimum absolute atomic E-state index is 0.238. The molecule has 0 aliphatic carbocycles. The number of rotatable bonds is 3. The van der Waals surface area contributed by atoms with Gasteiger partial charge in [-0.1, -0.05) is 18.7 Å². The number of halogens is 3. The molecule has 0 aliphatic rings. The standard InChI is InChI=1S/C10H9F3O/c1-2-14-7-8-3-5-9(6-4-8)10(11,12)13/h2-6H,1,7H2. The second-order valence-electron chi connectivity index (χ2n) is 2.67. The van der Waals surface area contributed by atoms with Crippen molar-refractivity contribution in [3.63, 3.8) is 0 Å². The average molecular weight is 202 g/mol. The second-order valence-corrected chi connectivity index (χ2v) is 2.67.